The first-order valence-electron chi connectivity index (χ1n) is 17.4. The van der Waals surface area contributed by atoms with E-state index in [1.54, 1.807) is 0 Å². The van der Waals surface area contributed by atoms with Crippen LogP contribution in [-0.4, -0.2) is 0 Å². The van der Waals surface area contributed by atoms with Gasteiger partial charge in [0.25, 0.3) is 0 Å². The molecule has 0 radical (unpaired) electrons. The van der Waals surface area contributed by atoms with Crippen LogP contribution in [0.15, 0.2) is 188 Å². The van der Waals surface area contributed by atoms with E-state index in [0.29, 0.717) is 0 Å². The summed E-state index contributed by atoms with van der Waals surface area (Å²) < 4.78 is 0. The molecule has 0 heterocycles. The van der Waals surface area contributed by atoms with Crippen LogP contribution in [0.5, 0.6) is 0 Å². The van der Waals surface area contributed by atoms with Crippen molar-refractivity contribution in [1.82, 2.24) is 0 Å². The molecule has 8 aromatic rings. The number of fused-ring (bicyclic) bond motifs is 4. The normalized spacial score (nSPS) is 12.8. The molecule has 1 aliphatic rings. The lowest BCUT2D eigenvalue weighted by molar-refractivity contribution is 0.661. The predicted octanol–water partition coefficient (Wildman–Crippen LogP) is 13.6. The Morgan fingerprint density at radius 2 is 0.880 bits per heavy atom. The van der Waals surface area contributed by atoms with E-state index in [9.17, 15) is 0 Å². The Balaban J connectivity index is 1.29. The highest BCUT2D eigenvalue weighted by Gasteiger charge is 2.39. The second-order valence-electron chi connectivity index (χ2n) is 13.7. The van der Waals surface area contributed by atoms with Crippen LogP contribution in [0.4, 0.5) is 17.1 Å². The van der Waals surface area contributed by atoms with E-state index in [2.05, 4.69) is 207 Å². The minimum absolute atomic E-state index is 0.218. The first kappa shape index (κ1) is 29.9. The zero-order valence-electron chi connectivity index (χ0n) is 28.3. The van der Waals surface area contributed by atoms with E-state index in [1.807, 2.05) is 0 Å². The number of para-hydroxylation sites is 1. The molecule has 0 aliphatic heterocycles. The predicted molar refractivity (Wildman–Crippen MR) is 213 cm³/mol. The fourth-order valence-corrected chi connectivity index (χ4v) is 8.05. The molecule has 0 amide bonds. The molecule has 0 saturated carbocycles. The minimum Gasteiger partial charge on any atom is -0.310 e. The molecule has 0 saturated heterocycles. The van der Waals surface area contributed by atoms with Crippen molar-refractivity contribution < 1.29 is 0 Å². The largest absolute Gasteiger partial charge is 0.310 e. The first-order valence-corrected chi connectivity index (χ1v) is 17.4. The third-order valence-corrected chi connectivity index (χ3v) is 10.4. The van der Waals surface area contributed by atoms with Crippen molar-refractivity contribution in [1.29, 1.82) is 0 Å². The molecule has 0 atom stereocenters. The van der Waals surface area contributed by atoms with E-state index < -0.39 is 0 Å². The van der Waals surface area contributed by atoms with Crippen LogP contribution in [0.2, 0.25) is 0 Å². The highest BCUT2D eigenvalue weighted by Crippen LogP contribution is 2.56. The van der Waals surface area contributed by atoms with Gasteiger partial charge in [0.15, 0.2) is 0 Å². The molecule has 0 spiro atoms. The highest BCUT2D eigenvalue weighted by molar-refractivity contribution is 5.99. The Labute approximate surface area is 294 Å². The third kappa shape index (κ3) is 4.94. The lowest BCUT2D eigenvalue weighted by Crippen LogP contribution is -2.21. The van der Waals surface area contributed by atoms with Crippen LogP contribution >= 0.6 is 0 Å². The minimum atomic E-state index is -0.218. The Morgan fingerprint density at radius 1 is 0.360 bits per heavy atom. The number of hydrogen-bond acceptors (Lipinski definition) is 1. The summed E-state index contributed by atoms with van der Waals surface area (Å²) in [7, 11) is 0. The van der Waals surface area contributed by atoms with Gasteiger partial charge in [0, 0.05) is 16.7 Å². The molecule has 1 aliphatic carbocycles. The summed E-state index contributed by atoms with van der Waals surface area (Å²) in [6.07, 6.45) is 0. The van der Waals surface area contributed by atoms with Crippen molar-refractivity contribution in [2.45, 2.75) is 19.3 Å². The highest BCUT2D eigenvalue weighted by atomic mass is 15.1. The maximum Gasteiger partial charge on any atom is 0.0540 e. The smallest absolute Gasteiger partial charge is 0.0540 e. The van der Waals surface area contributed by atoms with E-state index in [4.69, 9.17) is 0 Å². The zero-order valence-corrected chi connectivity index (χ0v) is 28.3. The van der Waals surface area contributed by atoms with Gasteiger partial charge in [0.05, 0.1) is 11.4 Å². The number of rotatable bonds is 6. The zero-order chi connectivity index (χ0) is 33.7. The second kappa shape index (κ2) is 12.1. The van der Waals surface area contributed by atoms with E-state index in [-0.39, 0.29) is 5.41 Å². The Bertz CT molecular complexity index is 2490. The average molecular weight is 640 g/mol. The van der Waals surface area contributed by atoms with Crippen LogP contribution in [-0.2, 0) is 5.41 Å². The maximum atomic E-state index is 2.50. The number of hydrogen-bond donors (Lipinski definition) is 0. The summed E-state index contributed by atoms with van der Waals surface area (Å²) in [6.45, 7) is 4.78. The number of nitrogens with zero attached hydrogens (tertiary/aromatic N) is 1. The van der Waals surface area contributed by atoms with Crippen LogP contribution in [0.3, 0.4) is 0 Å². The quantitative estimate of drug-likeness (QED) is 0.175. The molecule has 238 valence electrons. The van der Waals surface area contributed by atoms with Gasteiger partial charge in [0.2, 0.25) is 0 Å². The van der Waals surface area contributed by atoms with Gasteiger partial charge in [-0.25, -0.2) is 0 Å². The van der Waals surface area contributed by atoms with Crippen molar-refractivity contribution in [2.24, 2.45) is 0 Å². The molecule has 0 bridgehead atoms. The van der Waals surface area contributed by atoms with Crippen molar-refractivity contribution >= 4 is 27.8 Å². The molecule has 1 heteroatoms. The summed E-state index contributed by atoms with van der Waals surface area (Å²) in [4.78, 5) is 2.50. The standard InChI is InChI=1S/C49H37N/c1-49(2)45-33-38-21-10-9-20-37(38)32-44(45)43-25-15-27-47(48(43)49)50(39-30-28-35(29-31-39)34-16-5-3-6-17-34)46-26-14-13-24-42(46)41-23-12-11-22-40(41)36-18-7-4-8-19-36/h3-33H,1-2H3. The molecular formula is C49H37N. The SMILES string of the molecule is CC1(C)c2cc3ccccc3cc2-c2cccc(N(c3ccc(-c4ccccc4)cc3)c3ccccc3-c3ccccc3-c3ccccc3)c21. The lowest BCUT2D eigenvalue weighted by atomic mass is 9.80. The third-order valence-electron chi connectivity index (χ3n) is 10.4. The second-order valence-corrected chi connectivity index (χ2v) is 13.7. The van der Waals surface area contributed by atoms with Gasteiger partial charge in [-0.15, -0.1) is 0 Å². The maximum absolute atomic E-state index is 2.50. The Kier molecular flexibility index (Phi) is 7.21. The summed E-state index contributed by atoms with van der Waals surface area (Å²) in [6, 6.07) is 68.6. The number of anilines is 3. The van der Waals surface area contributed by atoms with E-state index in [1.165, 1.54) is 72.1 Å². The van der Waals surface area contributed by atoms with E-state index in [0.717, 1.165) is 11.4 Å². The van der Waals surface area contributed by atoms with Crippen LogP contribution in [0.25, 0.3) is 55.3 Å². The Morgan fingerprint density at radius 3 is 1.60 bits per heavy atom. The van der Waals surface area contributed by atoms with Gasteiger partial charge < -0.3 is 4.90 Å². The summed E-state index contributed by atoms with van der Waals surface area (Å²) in [5.41, 5.74) is 15.9. The monoisotopic (exact) mass is 639 g/mol. The van der Waals surface area contributed by atoms with Crippen LogP contribution < -0.4 is 4.90 Å². The van der Waals surface area contributed by atoms with Crippen molar-refractivity contribution in [3.05, 3.63) is 199 Å². The fourth-order valence-electron chi connectivity index (χ4n) is 8.05. The Hall–Kier alpha value is -6.18. The van der Waals surface area contributed by atoms with Crippen LogP contribution in [0.1, 0.15) is 25.0 Å². The molecule has 9 rings (SSSR count). The molecule has 0 aromatic heterocycles. The summed E-state index contributed by atoms with van der Waals surface area (Å²) in [5.74, 6) is 0. The van der Waals surface area contributed by atoms with Gasteiger partial charge in [-0.1, -0.05) is 166 Å². The van der Waals surface area contributed by atoms with Gasteiger partial charge >= 0.3 is 0 Å². The molecular weight excluding hydrogens is 603 g/mol. The fraction of sp³-hybridized carbons (Fsp3) is 0.0612. The topological polar surface area (TPSA) is 3.24 Å². The average Bonchev–Trinajstić information content (AvgIpc) is 3.41. The number of benzene rings is 8. The lowest BCUT2D eigenvalue weighted by Gasteiger charge is -2.33. The molecule has 8 aromatic carbocycles. The van der Waals surface area contributed by atoms with Crippen LogP contribution in [0, 0.1) is 0 Å². The van der Waals surface area contributed by atoms with Gasteiger partial charge in [-0.05, 0) is 97.2 Å². The van der Waals surface area contributed by atoms with Gasteiger partial charge in [-0.2, -0.15) is 0 Å². The van der Waals surface area contributed by atoms with Crippen molar-refractivity contribution in [3.63, 3.8) is 0 Å². The molecule has 50 heavy (non-hydrogen) atoms. The van der Waals surface area contributed by atoms with Crippen molar-refractivity contribution in [2.75, 3.05) is 4.90 Å². The molecule has 0 unspecified atom stereocenters. The summed E-state index contributed by atoms with van der Waals surface area (Å²) in [5, 5.41) is 2.56. The summed E-state index contributed by atoms with van der Waals surface area (Å²) >= 11 is 0. The molecule has 0 N–H and O–H groups in total. The molecule has 1 nitrogen and oxygen atoms in total. The molecule has 0 fully saturated rings. The van der Waals surface area contributed by atoms with E-state index >= 15 is 0 Å². The van der Waals surface area contributed by atoms with Crippen molar-refractivity contribution in [3.8, 4) is 44.5 Å². The van der Waals surface area contributed by atoms with Gasteiger partial charge in [0.1, 0.15) is 0 Å². The first-order chi connectivity index (χ1) is 24.6. The van der Waals surface area contributed by atoms with Gasteiger partial charge in [-0.3, -0.25) is 0 Å².